The van der Waals surface area contributed by atoms with Gasteiger partial charge in [-0.15, -0.1) is 0 Å². The number of carbonyl (C=O) groups excluding carboxylic acids is 3. The summed E-state index contributed by atoms with van der Waals surface area (Å²) in [5, 5.41) is 26.8. The van der Waals surface area contributed by atoms with Crippen molar-refractivity contribution in [3.8, 4) is 0 Å². The van der Waals surface area contributed by atoms with Crippen LogP contribution in [0.3, 0.4) is 0 Å². The Kier molecular flexibility index (Phi) is 11.0. The summed E-state index contributed by atoms with van der Waals surface area (Å²) in [5.41, 5.74) is 6.52. The van der Waals surface area contributed by atoms with E-state index in [0.717, 1.165) is 0 Å². The van der Waals surface area contributed by atoms with Crippen LogP contribution in [0.5, 0.6) is 0 Å². The molecular formula is C21H36N6O6. The van der Waals surface area contributed by atoms with Crippen molar-refractivity contribution in [2.75, 3.05) is 0 Å². The SMILES string of the molecule is CC(C)CC(NC(=O)C(NC(=O)C(N)Cc1cnc[nH]1)C(C)O)C(=O)NC(C(=O)O)C(C)C. The van der Waals surface area contributed by atoms with Gasteiger partial charge in [-0.3, -0.25) is 14.4 Å². The Balaban J connectivity index is 2.90. The molecule has 186 valence electrons. The van der Waals surface area contributed by atoms with Gasteiger partial charge < -0.3 is 36.9 Å². The molecule has 8 N–H and O–H groups in total. The van der Waals surface area contributed by atoms with Crippen molar-refractivity contribution in [3.63, 3.8) is 0 Å². The fourth-order valence-electron chi connectivity index (χ4n) is 3.12. The number of imidazole rings is 1. The second-order valence-electron chi connectivity index (χ2n) is 8.87. The lowest BCUT2D eigenvalue weighted by Gasteiger charge is -2.27. The van der Waals surface area contributed by atoms with Crippen molar-refractivity contribution >= 4 is 23.7 Å². The Morgan fingerprint density at radius 1 is 1.00 bits per heavy atom. The van der Waals surface area contributed by atoms with Crippen molar-refractivity contribution in [1.29, 1.82) is 0 Å². The van der Waals surface area contributed by atoms with Gasteiger partial charge in [0.15, 0.2) is 0 Å². The Labute approximate surface area is 193 Å². The lowest BCUT2D eigenvalue weighted by atomic mass is 10.00. The Morgan fingerprint density at radius 2 is 1.61 bits per heavy atom. The number of aromatic nitrogens is 2. The molecule has 1 aromatic heterocycles. The molecule has 1 heterocycles. The number of hydrogen-bond acceptors (Lipinski definition) is 7. The molecule has 5 atom stereocenters. The number of hydrogen-bond donors (Lipinski definition) is 7. The van der Waals surface area contributed by atoms with Crippen molar-refractivity contribution in [2.45, 2.75) is 77.7 Å². The largest absolute Gasteiger partial charge is 0.480 e. The number of amides is 3. The van der Waals surface area contributed by atoms with Crippen molar-refractivity contribution in [1.82, 2.24) is 25.9 Å². The number of nitrogens with zero attached hydrogens (tertiary/aromatic N) is 1. The van der Waals surface area contributed by atoms with Crippen LogP contribution in [0.2, 0.25) is 0 Å². The molecule has 5 unspecified atom stereocenters. The third-order valence-corrected chi connectivity index (χ3v) is 4.96. The molecule has 0 aliphatic carbocycles. The molecule has 0 bridgehead atoms. The average Bonchev–Trinajstić information content (AvgIpc) is 3.20. The fourth-order valence-corrected chi connectivity index (χ4v) is 3.12. The lowest BCUT2D eigenvalue weighted by Crippen LogP contribution is -2.60. The summed E-state index contributed by atoms with van der Waals surface area (Å²) < 4.78 is 0. The number of carboxylic acid groups (broad SMARTS) is 1. The van der Waals surface area contributed by atoms with Gasteiger partial charge in [0.05, 0.1) is 18.5 Å². The molecular weight excluding hydrogens is 432 g/mol. The lowest BCUT2D eigenvalue weighted by molar-refractivity contribution is -0.143. The van der Waals surface area contributed by atoms with Gasteiger partial charge >= 0.3 is 5.97 Å². The molecule has 0 spiro atoms. The zero-order chi connectivity index (χ0) is 25.3. The normalized spacial score (nSPS) is 15.9. The summed E-state index contributed by atoms with van der Waals surface area (Å²) in [5.74, 6) is -3.68. The van der Waals surface area contributed by atoms with Crippen LogP contribution in [0.25, 0.3) is 0 Å². The number of H-pyrrole nitrogens is 1. The molecule has 33 heavy (non-hydrogen) atoms. The second kappa shape index (κ2) is 12.9. The van der Waals surface area contributed by atoms with E-state index in [1.54, 1.807) is 13.8 Å². The van der Waals surface area contributed by atoms with Gasteiger partial charge in [-0.2, -0.15) is 0 Å². The molecule has 0 aromatic carbocycles. The maximum atomic E-state index is 12.9. The summed E-state index contributed by atoms with van der Waals surface area (Å²) in [6, 6.07) is -4.56. The maximum absolute atomic E-state index is 12.9. The average molecular weight is 469 g/mol. The first kappa shape index (κ1) is 28.0. The van der Waals surface area contributed by atoms with E-state index in [9.17, 15) is 29.4 Å². The van der Waals surface area contributed by atoms with Gasteiger partial charge in [-0.05, 0) is 25.2 Å². The van der Waals surface area contributed by atoms with E-state index >= 15 is 0 Å². The van der Waals surface area contributed by atoms with Gasteiger partial charge in [0.25, 0.3) is 0 Å². The standard InChI is InChI=1S/C21H36N6O6/c1-10(2)6-15(19(30)26-16(11(3)4)21(32)33)25-20(31)17(12(5)28)27-18(29)14(22)7-13-8-23-9-24-13/h8-12,14-17,28H,6-7,22H2,1-5H3,(H,23,24)(H,25,31)(H,26,30)(H,27,29)(H,32,33). The summed E-state index contributed by atoms with van der Waals surface area (Å²) >= 11 is 0. The van der Waals surface area contributed by atoms with E-state index in [4.69, 9.17) is 5.73 Å². The third-order valence-electron chi connectivity index (χ3n) is 4.96. The molecule has 0 radical (unpaired) electrons. The van der Waals surface area contributed by atoms with E-state index in [1.807, 2.05) is 13.8 Å². The number of carboxylic acids is 1. The van der Waals surface area contributed by atoms with Crippen molar-refractivity contribution < 1.29 is 29.4 Å². The van der Waals surface area contributed by atoms with E-state index in [1.165, 1.54) is 19.4 Å². The Bertz CT molecular complexity index is 795. The van der Waals surface area contributed by atoms with Gasteiger partial charge in [0, 0.05) is 18.3 Å². The summed E-state index contributed by atoms with van der Waals surface area (Å²) in [7, 11) is 0. The minimum Gasteiger partial charge on any atom is -0.480 e. The quantitative estimate of drug-likeness (QED) is 0.189. The molecule has 0 aliphatic rings. The summed E-state index contributed by atoms with van der Waals surface area (Å²) in [4.78, 5) is 56.2. The first-order chi connectivity index (χ1) is 15.3. The van der Waals surface area contributed by atoms with E-state index in [2.05, 4.69) is 25.9 Å². The highest BCUT2D eigenvalue weighted by Crippen LogP contribution is 2.09. The molecule has 12 heteroatoms. The van der Waals surface area contributed by atoms with Crippen LogP contribution in [0.15, 0.2) is 12.5 Å². The van der Waals surface area contributed by atoms with Crippen LogP contribution in [-0.4, -0.2) is 74.1 Å². The zero-order valence-electron chi connectivity index (χ0n) is 19.7. The number of carbonyl (C=O) groups is 4. The van der Waals surface area contributed by atoms with Crippen LogP contribution >= 0.6 is 0 Å². The van der Waals surface area contributed by atoms with Crippen molar-refractivity contribution in [3.05, 3.63) is 18.2 Å². The van der Waals surface area contributed by atoms with Crippen LogP contribution in [0.1, 0.15) is 46.7 Å². The molecule has 3 amide bonds. The Morgan fingerprint density at radius 3 is 2.06 bits per heavy atom. The number of aromatic amines is 1. The first-order valence-electron chi connectivity index (χ1n) is 10.9. The first-order valence-corrected chi connectivity index (χ1v) is 10.9. The van der Waals surface area contributed by atoms with Gasteiger partial charge in [0.1, 0.15) is 18.1 Å². The molecule has 0 aliphatic heterocycles. The highest BCUT2D eigenvalue weighted by molar-refractivity contribution is 5.94. The molecule has 1 aromatic rings. The minimum absolute atomic E-state index is 0.00852. The maximum Gasteiger partial charge on any atom is 0.326 e. The third kappa shape index (κ3) is 9.18. The minimum atomic E-state index is -1.37. The predicted molar refractivity (Wildman–Crippen MR) is 120 cm³/mol. The number of rotatable bonds is 13. The van der Waals surface area contributed by atoms with Crippen LogP contribution < -0.4 is 21.7 Å². The Hall–Kier alpha value is -2.99. The van der Waals surface area contributed by atoms with Gasteiger partial charge in [0.2, 0.25) is 17.7 Å². The zero-order valence-corrected chi connectivity index (χ0v) is 19.7. The van der Waals surface area contributed by atoms with Crippen LogP contribution in [-0.2, 0) is 25.6 Å². The van der Waals surface area contributed by atoms with Crippen molar-refractivity contribution in [2.24, 2.45) is 17.6 Å². The monoisotopic (exact) mass is 468 g/mol. The van der Waals surface area contributed by atoms with Gasteiger partial charge in [-0.1, -0.05) is 27.7 Å². The molecule has 1 rings (SSSR count). The summed E-state index contributed by atoms with van der Waals surface area (Å²) in [6.07, 6.45) is 2.05. The van der Waals surface area contributed by atoms with Crippen LogP contribution in [0.4, 0.5) is 0 Å². The number of nitrogens with two attached hydrogens (primary N) is 1. The number of aliphatic hydroxyl groups excluding tert-OH is 1. The molecule has 12 nitrogen and oxygen atoms in total. The summed E-state index contributed by atoms with van der Waals surface area (Å²) in [6.45, 7) is 8.31. The van der Waals surface area contributed by atoms with E-state index in [0.29, 0.717) is 5.69 Å². The molecule has 0 saturated heterocycles. The van der Waals surface area contributed by atoms with Gasteiger partial charge in [-0.25, -0.2) is 9.78 Å². The highest BCUT2D eigenvalue weighted by atomic mass is 16.4. The van der Waals surface area contributed by atoms with E-state index < -0.39 is 54.0 Å². The number of aliphatic carboxylic acids is 1. The topological polar surface area (TPSA) is 200 Å². The highest BCUT2D eigenvalue weighted by Gasteiger charge is 2.33. The molecule has 0 saturated carbocycles. The fraction of sp³-hybridized carbons (Fsp3) is 0.667. The van der Waals surface area contributed by atoms with Crippen LogP contribution in [0, 0.1) is 11.8 Å². The molecule has 0 fully saturated rings. The second-order valence-corrected chi connectivity index (χ2v) is 8.87. The van der Waals surface area contributed by atoms with E-state index in [-0.39, 0.29) is 24.7 Å². The predicted octanol–water partition coefficient (Wildman–Crippen LogP) is -1.10. The smallest absolute Gasteiger partial charge is 0.326 e. The number of nitrogens with one attached hydrogen (secondary N) is 4. The number of aliphatic hydroxyl groups is 1.